The Balaban J connectivity index is 1.90. The van der Waals surface area contributed by atoms with Crippen LogP contribution in [0.25, 0.3) is 0 Å². The lowest BCUT2D eigenvalue weighted by molar-refractivity contribution is 0.0696. The summed E-state index contributed by atoms with van der Waals surface area (Å²) in [7, 11) is 0. The summed E-state index contributed by atoms with van der Waals surface area (Å²) in [5.74, 6) is -1.38. The summed E-state index contributed by atoms with van der Waals surface area (Å²) in [6.07, 6.45) is 0.707. The van der Waals surface area contributed by atoms with Gasteiger partial charge in [0, 0.05) is 17.8 Å². The molecule has 1 amide bonds. The third kappa shape index (κ3) is 4.07. The van der Waals surface area contributed by atoms with Gasteiger partial charge in [0.1, 0.15) is 0 Å². The second kappa shape index (κ2) is 6.56. The Labute approximate surface area is 122 Å². The Morgan fingerprint density at radius 1 is 1.05 bits per heavy atom. The number of nitrogens with two attached hydrogens (primary N) is 1. The monoisotopic (exact) mass is 284 g/mol. The fourth-order valence-electron chi connectivity index (χ4n) is 1.96. The zero-order chi connectivity index (χ0) is 15.2. The average Bonchev–Trinajstić information content (AvgIpc) is 2.48. The quantitative estimate of drug-likeness (QED) is 0.757. The van der Waals surface area contributed by atoms with Gasteiger partial charge in [0.25, 0.3) is 0 Å². The van der Waals surface area contributed by atoms with E-state index >= 15 is 0 Å². The molecule has 2 aromatic carbocycles. The molecule has 5 heteroatoms. The van der Waals surface area contributed by atoms with Gasteiger partial charge in [-0.3, -0.25) is 4.79 Å². The zero-order valence-electron chi connectivity index (χ0n) is 11.4. The number of hydrogen-bond donors (Lipinski definition) is 3. The van der Waals surface area contributed by atoms with E-state index in [4.69, 9.17) is 10.8 Å². The molecule has 0 atom stereocenters. The highest BCUT2D eigenvalue weighted by Gasteiger charge is 2.03. The first-order valence-electron chi connectivity index (χ1n) is 6.52. The lowest BCUT2D eigenvalue weighted by atomic mass is 10.1. The number of carboxylic acids is 1. The molecule has 0 saturated heterocycles. The lowest BCUT2D eigenvalue weighted by Gasteiger charge is -2.07. The SMILES string of the molecule is NC(=O)c1ccc(NCCc2cccc(C(=O)O)c2)cc1. The molecule has 0 unspecified atom stereocenters. The summed E-state index contributed by atoms with van der Waals surface area (Å²) < 4.78 is 0. The highest BCUT2D eigenvalue weighted by atomic mass is 16.4. The van der Waals surface area contributed by atoms with Crippen molar-refractivity contribution in [2.24, 2.45) is 5.73 Å². The van der Waals surface area contributed by atoms with E-state index in [1.807, 2.05) is 6.07 Å². The van der Waals surface area contributed by atoms with Crippen LogP contribution in [0.5, 0.6) is 0 Å². The average molecular weight is 284 g/mol. The van der Waals surface area contributed by atoms with Crippen LogP contribution >= 0.6 is 0 Å². The van der Waals surface area contributed by atoms with E-state index in [0.717, 1.165) is 11.3 Å². The molecule has 0 fully saturated rings. The van der Waals surface area contributed by atoms with Crippen molar-refractivity contribution in [3.05, 3.63) is 65.2 Å². The van der Waals surface area contributed by atoms with Crippen molar-refractivity contribution in [2.45, 2.75) is 6.42 Å². The van der Waals surface area contributed by atoms with Crippen molar-refractivity contribution in [3.8, 4) is 0 Å². The van der Waals surface area contributed by atoms with Crippen molar-refractivity contribution in [1.82, 2.24) is 0 Å². The van der Waals surface area contributed by atoms with Crippen LogP contribution in [0, 0.1) is 0 Å². The van der Waals surface area contributed by atoms with Crippen LogP contribution in [-0.4, -0.2) is 23.5 Å². The topological polar surface area (TPSA) is 92.4 Å². The number of anilines is 1. The molecule has 0 aliphatic carbocycles. The van der Waals surface area contributed by atoms with E-state index in [0.29, 0.717) is 24.1 Å². The van der Waals surface area contributed by atoms with Crippen LogP contribution in [0.15, 0.2) is 48.5 Å². The predicted molar refractivity (Wildman–Crippen MR) is 80.6 cm³/mol. The second-order valence-electron chi connectivity index (χ2n) is 4.62. The zero-order valence-corrected chi connectivity index (χ0v) is 11.4. The molecule has 0 aliphatic heterocycles. The van der Waals surface area contributed by atoms with Gasteiger partial charge in [0.2, 0.25) is 5.91 Å². The summed E-state index contributed by atoms with van der Waals surface area (Å²) >= 11 is 0. The standard InChI is InChI=1S/C16H16N2O3/c17-15(19)12-4-6-14(7-5-12)18-9-8-11-2-1-3-13(10-11)16(20)21/h1-7,10,18H,8-9H2,(H2,17,19)(H,20,21). The minimum atomic E-state index is -0.924. The summed E-state index contributed by atoms with van der Waals surface area (Å²) in [6.45, 7) is 0.666. The summed E-state index contributed by atoms with van der Waals surface area (Å²) in [5.41, 5.74) is 7.77. The molecule has 4 N–H and O–H groups in total. The molecule has 2 aromatic rings. The van der Waals surface area contributed by atoms with E-state index in [9.17, 15) is 9.59 Å². The number of primary amides is 1. The fraction of sp³-hybridized carbons (Fsp3) is 0.125. The minimum Gasteiger partial charge on any atom is -0.478 e. The Bertz CT molecular complexity index is 651. The predicted octanol–water partition coefficient (Wildman–Crippen LogP) is 2.14. The summed E-state index contributed by atoms with van der Waals surface area (Å²) in [6, 6.07) is 13.8. The fourth-order valence-corrected chi connectivity index (χ4v) is 1.96. The molecule has 0 aliphatic rings. The number of nitrogens with one attached hydrogen (secondary N) is 1. The number of carbonyl (C=O) groups excluding carboxylic acids is 1. The maximum Gasteiger partial charge on any atom is 0.335 e. The first-order chi connectivity index (χ1) is 10.1. The molecule has 0 aromatic heterocycles. The number of benzene rings is 2. The largest absolute Gasteiger partial charge is 0.478 e. The molecule has 108 valence electrons. The highest BCUT2D eigenvalue weighted by Crippen LogP contribution is 2.10. The second-order valence-corrected chi connectivity index (χ2v) is 4.62. The number of carbonyl (C=O) groups is 2. The molecular formula is C16H16N2O3. The van der Waals surface area contributed by atoms with Gasteiger partial charge in [-0.05, 0) is 48.4 Å². The van der Waals surface area contributed by atoms with Crippen LogP contribution in [0.2, 0.25) is 0 Å². The third-order valence-electron chi connectivity index (χ3n) is 3.09. The van der Waals surface area contributed by atoms with E-state index in [2.05, 4.69) is 5.32 Å². The van der Waals surface area contributed by atoms with Crippen LogP contribution in [-0.2, 0) is 6.42 Å². The van der Waals surface area contributed by atoms with Gasteiger partial charge in [-0.1, -0.05) is 12.1 Å². The Morgan fingerprint density at radius 3 is 2.38 bits per heavy atom. The van der Waals surface area contributed by atoms with Crippen molar-refractivity contribution in [1.29, 1.82) is 0 Å². The lowest BCUT2D eigenvalue weighted by Crippen LogP contribution is -2.11. The van der Waals surface area contributed by atoms with Gasteiger partial charge in [-0.25, -0.2) is 4.79 Å². The van der Waals surface area contributed by atoms with Gasteiger partial charge in [0.05, 0.1) is 5.56 Å². The van der Waals surface area contributed by atoms with Crippen molar-refractivity contribution < 1.29 is 14.7 Å². The highest BCUT2D eigenvalue weighted by molar-refractivity contribution is 5.93. The molecule has 0 bridgehead atoms. The molecular weight excluding hydrogens is 268 g/mol. The Hall–Kier alpha value is -2.82. The molecule has 21 heavy (non-hydrogen) atoms. The van der Waals surface area contributed by atoms with Crippen LogP contribution in [0.3, 0.4) is 0 Å². The molecule has 2 rings (SSSR count). The van der Waals surface area contributed by atoms with E-state index in [1.54, 1.807) is 42.5 Å². The van der Waals surface area contributed by atoms with Crippen molar-refractivity contribution in [3.63, 3.8) is 0 Å². The normalized spacial score (nSPS) is 10.1. The Morgan fingerprint density at radius 2 is 1.76 bits per heavy atom. The number of amides is 1. The van der Waals surface area contributed by atoms with E-state index in [1.165, 1.54) is 0 Å². The van der Waals surface area contributed by atoms with Gasteiger partial charge in [-0.15, -0.1) is 0 Å². The summed E-state index contributed by atoms with van der Waals surface area (Å²) in [5, 5.41) is 12.1. The van der Waals surface area contributed by atoms with Gasteiger partial charge in [-0.2, -0.15) is 0 Å². The van der Waals surface area contributed by atoms with Crippen LogP contribution < -0.4 is 11.1 Å². The van der Waals surface area contributed by atoms with Gasteiger partial charge in [0.15, 0.2) is 0 Å². The first kappa shape index (κ1) is 14.6. The van der Waals surface area contributed by atoms with Gasteiger partial charge < -0.3 is 16.2 Å². The van der Waals surface area contributed by atoms with Crippen molar-refractivity contribution >= 4 is 17.6 Å². The molecule has 0 heterocycles. The van der Waals surface area contributed by atoms with Crippen molar-refractivity contribution in [2.75, 3.05) is 11.9 Å². The maximum absolute atomic E-state index is 11.0. The molecule has 0 saturated carbocycles. The van der Waals surface area contributed by atoms with Crippen LogP contribution in [0.1, 0.15) is 26.3 Å². The van der Waals surface area contributed by atoms with E-state index in [-0.39, 0.29) is 0 Å². The molecule has 0 spiro atoms. The number of carboxylic acid groups (broad SMARTS) is 1. The molecule has 0 radical (unpaired) electrons. The third-order valence-corrected chi connectivity index (χ3v) is 3.09. The van der Waals surface area contributed by atoms with Gasteiger partial charge >= 0.3 is 5.97 Å². The first-order valence-corrected chi connectivity index (χ1v) is 6.52. The summed E-state index contributed by atoms with van der Waals surface area (Å²) in [4.78, 5) is 21.8. The number of aromatic carboxylic acids is 1. The van der Waals surface area contributed by atoms with E-state index < -0.39 is 11.9 Å². The number of hydrogen-bond acceptors (Lipinski definition) is 3. The maximum atomic E-state index is 11.0. The molecule has 5 nitrogen and oxygen atoms in total. The van der Waals surface area contributed by atoms with Crippen LogP contribution in [0.4, 0.5) is 5.69 Å². The smallest absolute Gasteiger partial charge is 0.335 e. The number of rotatable bonds is 6. The minimum absolute atomic E-state index is 0.290. The Kier molecular flexibility index (Phi) is 4.56.